The van der Waals surface area contributed by atoms with Crippen molar-refractivity contribution in [3.8, 4) is 0 Å². The second-order valence-electron chi connectivity index (χ2n) is 23.3. The topological polar surface area (TPSA) is 444 Å². The number of urea groups is 1. The number of rotatable bonds is 42. The number of fused-ring (bicyclic) bond motifs is 2. The Morgan fingerprint density at radius 3 is 1.19 bits per heavy atom. The number of guanidine groups is 2. The number of hydrogen-bond donors (Lipinski definition) is 16. The average Bonchev–Trinajstić information content (AvgIpc) is 1.64. The number of nitrogens with zero attached hydrogens (tertiary/aromatic N) is 4. The monoisotopic (exact) mass is 1360 g/mol. The number of amides is 7. The molecular weight excluding hydrogens is 1270 g/mol. The maximum Gasteiger partial charge on any atom is 0.319 e. The SMILES string of the molecule is N=C1NC2[C@H](CS[C@H]2CCCCC(=O)NCCOCCNC(=O)c2cc(NC(=O)NCCOCCOCCNC(=O)CN3CCN(CC(=O)O)CCN(CC(=O)O)CCN(CC(=O)O)CC3)cc(C(=O)NCCOCCNC(=O)CCCC[C@@H]3SC[C@@H]4NC(=N)N[C@@H]43)c2)N1. The summed E-state index contributed by atoms with van der Waals surface area (Å²) >= 11 is 3.79. The van der Waals surface area contributed by atoms with E-state index in [1.54, 1.807) is 14.7 Å². The minimum absolute atomic E-state index is 0.0423. The standard InChI is InChI=1S/C59H97N17O16S2/c60-57-69-43-38-93-45(53(43)71-57)5-1-3-7-47(77)62-9-23-89-26-12-65-55(86)40-31-41(56(87)66-13-27-90-24-10-63-48(78)8-4-2-6-46-54-44(39-94-46)70-58(61)72-54)33-42(32-40)68-59(88)67-14-28-92-30-29-91-25-11-64-49(79)34-73-15-17-74(35-50(80)81)19-21-76(37-52(84)85)22-20-75(18-16-73)36-51(82)83/h31-33,43-46,53-54H,1-30,34-39H2,(H,62,77)(H,63,78)(H,64,79)(H,65,86)(H,66,87)(H,80,81)(H,82,83)(H,84,85)(H3,60,69,71)(H3,61,70,72)(H2,67,68,88)/t43-,44-,45-,46-,53-,54?/m0/s1. The molecule has 1 aromatic rings. The zero-order chi connectivity index (χ0) is 67.5. The van der Waals surface area contributed by atoms with E-state index in [-0.39, 0.29) is 203 Å². The Morgan fingerprint density at radius 1 is 0.447 bits per heavy atom. The van der Waals surface area contributed by atoms with Gasteiger partial charge in [0.15, 0.2) is 11.9 Å². The van der Waals surface area contributed by atoms with Crippen LogP contribution in [0.25, 0.3) is 0 Å². The van der Waals surface area contributed by atoms with Crippen LogP contribution < -0.4 is 58.5 Å². The van der Waals surface area contributed by atoms with Gasteiger partial charge in [-0.1, -0.05) is 12.8 Å². The summed E-state index contributed by atoms with van der Waals surface area (Å²) in [5.74, 6) is -1.99. The van der Waals surface area contributed by atoms with Gasteiger partial charge < -0.3 is 92.8 Å². The summed E-state index contributed by atoms with van der Waals surface area (Å²) in [5.41, 5.74) is 0.315. The van der Waals surface area contributed by atoms with Crippen LogP contribution in [0.5, 0.6) is 0 Å². The molecule has 33 nitrogen and oxygen atoms in total. The first-order valence-corrected chi connectivity index (χ1v) is 34.4. The zero-order valence-corrected chi connectivity index (χ0v) is 55.0. The molecular formula is C59H97N17O16S2. The summed E-state index contributed by atoms with van der Waals surface area (Å²) in [4.78, 5) is 119. The Hall–Kier alpha value is -6.83. The molecule has 5 heterocycles. The summed E-state index contributed by atoms with van der Waals surface area (Å²) in [6.45, 7) is 3.70. The number of benzene rings is 1. The summed E-state index contributed by atoms with van der Waals surface area (Å²) < 4.78 is 22.5. The highest BCUT2D eigenvalue weighted by Crippen LogP contribution is 2.34. The first kappa shape index (κ1) is 76.2. The van der Waals surface area contributed by atoms with Crippen LogP contribution in [-0.4, -0.2) is 317 Å². The molecule has 0 spiro atoms. The Bertz CT molecular complexity index is 2520. The van der Waals surface area contributed by atoms with E-state index in [0.29, 0.717) is 61.4 Å². The van der Waals surface area contributed by atoms with Crippen molar-refractivity contribution in [3.63, 3.8) is 0 Å². The molecule has 0 saturated carbocycles. The van der Waals surface area contributed by atoms with E-state index in [0.717, 1.165) is 50.0 Å². The van der Waals surface area contributed by atoms with Crippen LogP contribution in [-0.2, 0) is 47.7 Å². The highest BCUT2D eigenvalue weighted by molar-refractivity contribution is 8.00. The number of carboxylic acids is 3. The lowest BCUT2D eigenvalue weighted by molar-refractivity contribution is -0.140. The number of carbonyl (C=O) groups excluding carboxylic acids is 6. The second-order valence-corrected chi connectivity index (χ2v) is 25.8. The quantitative estimate of drug-likeness (QED) is 0.0295. The van der Waals surface area contributed by atoms with Crippen LogP contribution in [0, 0.1) is 10.8 Å². The van der Waals surface area contributed by atoms with Crippen molar-refractivity contribution in [2.75, 3.05) is 187 Å². The largest absolute Gasteiger partial charge is 0.480 e. The minimum atomic E-state index is -1.05. The van der Waals surface area contributed by atoms with Crippen LogP contribution >= 0.6 is 23.5 Å². The van der Waals surface area contributed by atoms with Gasteiger partial charge in [0.25, 0.3) is 11.8 Å². The molecule has 526 valence electrons. The molecule has 0 radical (unpaired) electrons. The third-order valence-electron chi connectivity index (χ3n) is 16.0. The summed E-state index contributed by atoms with van der Waals surface area (Å²) in [6.07, 6.45) is 6.07. The van der Waals surface area contributed by atoms with E-state index in [9.17, 15) is 58.5 Å². The summed E-state index contributed by atoms with van der Waals surface area (Å²) in [5, 5.41) is 77.0. The third kappa shape index (κ3) is 29.9. The molecule has 5 saturated heterocycles. The molecule has 94 heavy (non-hydrogen) atoms. The fourth-order valence-corrected chi connectivity index (χ4v) is 14.3. The van der Waals surface area contributed by atoms with E-state index >= 15 is 0 Å². The van der Waals surface area contributed by atoms with Gasteiger partial charge in [0.2, 0.25) is 17.7 Å². The minimum Gasteiger partial charge on any atom is -0.480 e. The normalized spacial score (nSPS) is 21.0. The van der Waals surface area contributed by atoms with Gasteiger partial charge >= 0.3 is 23.9 Å². The van der Waals surface area contributed by atoms with Crippen molar-refractivity contribution in [1.29, 1.82) is 10.8 Å². The van der Waals surface area contributed by atoms with Gasteiger partial charge in [0.05, 0.1) is 103 Å². The highest BCUT2D eigenvalue weighted by atomic mass is 32.2. The van der Waals surface area contributed by atoms with Gasteiger partial charge in [0, 0.05) is 143 Å². The predicted octanol–water partition coefficient (Wildman–Crippen LogP) is -2.76. The van der Waals surface area contributed by atoms with Gasteiger partial charge in [-0.05, 0) is 43.9 Å². The number of nitrogens with one attached hydrogen (secondary N) is 13. The van der Waals surface area contributed by atoms with Gasteiger partial charge in [-0.15, -0.1) is 0 Å². The van der Waals surface area contributed by atoms with Crippen LogP contribution in [0.1, 0.15) is 72.1 Å². The number of carbonyl (C=O) groups is 9. The van der Waals surface area contributed by atoms with Crippen molar-refractivity contribution >= 4 is 94.6 Å². The molecule has 6 atom stereocenters. The number of carboxylic acid groups (broad SMARTS) is 3. The van der Waals surface area contributed by atoms with Crippen LogP contribution in [0.15, 0.2) is 18.2 Å². The number of hydrogen-bond acceptors (Lipinski definition) is 21. The van der Waals surface area contributed by atoms with Gasteiger partial charge in [-0.3, -0.25) is 68.8 Å². The van der Waals surface area contributed by atoms with Gasteiger partial charge in [-0.2, -0.15) is 23.5 Å². The summed E-state index contributed by atoms with van der Waals surface area (Å²) in [7, 11) is 0. The lowest BCUT2D eigenvalue weighted by Gasteiger charge is -2.32. The van der Waals surface area contributed by atoms with Crippen molar-refractivity contribution in [1.82, 2.24) is 72.8 Å². The molecule has 6 rings (SSSR count). The Labute approximate surface area is 556 Å². The number of aliphatic carboxylic acids is 3. The smallest absolute Gasteiger partial charge is 0.319 e. The molecule has 5 aliphatic heterocycles. The maximum absolute atomic E-state index is 13.5. The van der Waals surface area contributed by atoms with Crippen molar-refractivity contribution in [3.05, 3.63) is 29.3 Å². The number of ether oxygens (including phenoxy) is 4. The van der Waals surface area contributed by atoms with E-state index < -0.39 is 35.8 Å². The molecule has 16 N–H and O–H groups in total. The Balaban J connectivity index is 0.861. The first-order valence-electron chi connectivity index (χ1n) is 32.3. The van der Waals surface area contributed by atoms with E-state index in [2.05, 4.69) is 58.5 Å². The Kier molecular flexibility index (Phi) is 34.5. The predicted molar refractivity (Wildman–Crippen MR) is 352 cm³/mol. The van der Waals surface area contributed by atoms with Gasteiger partial charge in [-0.25, -0.2) is 4.79 Å². The number of anilines is 1. The Morgan fingerprint density at radius 2 is 0.798 bits per heavy atom. The van der Waals surface area contributed by atoms with E-state index in [1.165, 1.54) is 18.2 Å². The van der Waals surface area contributed by atoms with Gasteiger partial charge in [0.1, 0.15) is 0 Å². The van der Waals surface area contributed by atoms with Crippen LogP contribution in [0.4, 0.5) is 10.5 Å². The summed E-state index contributed by atoms with van der Waals surface area (Å²) in [6, 6.07) is 4.69. The van der Waals surface area contributed by atoms with Crippen molar-refractivity contribution in [2.24, 2.45) is 0 Å². The molecule has 5 aliphatic rings. The third-order valence-corrected chi connectivity index (χ3v) is 19.0. The lowest BCUT2D eigenvalue weighted by atomic mass is 10.0. The number of thioether (sulfide) groups is 2. The molecule has 5 fully saturated rings. The van der Waals surface area contributed by atoms with Crippen molar-refractivity contribution in [2.45, 2.75) is 86.0 Å². The van der Waals surface area contributed by atoms with Crippen molar-refractivity contribution < 1.29 is 77.4 Å². The molecule has 0 aromatic heterocycles. The molecule has 1 aromatic carbocycles. The number of unbranched alkanes of at least 4 members (excludes halogenated alkanes) is 2. The average molecular weight is 1360 g/mol. The van der Waals surface area contributed by atoms with E-state index in [4.69, 9.17) is 29.8 Å². The first-order chi connectivity index (χ1) is 45.4. The van der Waals surface area contributed by atoms with Crippen LogP contribution in [0.2, 0.25) is 0 Å². The molecule has 0 aliphatic carbocycles. The van der Waals surface area contributed by atoms with Crippen LogP contribution in [0.3, 0.4) is 0 Å². The van der Waals surface area contributed by atoms with E-state index in [1.807, 2.05) is 28.4 Å². The molecule has 0 bridgehead atoms. The fraction of sp³-hybridized carbons (Fsp3) is 0.712. The molecule has 7 amide bonds. The zero-order valence-electron chi connectivity index (χ0n) is 53.4. The highest BCUT2D eigenvalue weighted by Gasteiger charge is 2.42. The fourth-order valence-electron chi connectivity index (χ4n) is 11.2. The molecule has 35 heteroatoms. The maximum atomic E-state index is 13.5. The lowest BCUT2D eigenvalue weighted by Crippen LogP contribution is -2.50. The molecule has 1 unspecified atom stereocenters. The second kappa shape index (κ2) is 42.6.